The average Bonchev–Trinajstić information content (AvgIpc) is 2.50. The van der Waals surface area contributed by atoms with E-state index < -0.39 is 0 Å². The zero-order valence-electron chi connectivity index (χ0n) is 12.6. The van der Waals surface area contributed by atoms with Gasteiger partial charge in [-0.2, -0.15) is 0 Å². The van der Waals surface area contributed by atoms with Crippen molar-refractivity contribution in [3.8, 4) is 0 Å². The lowest BCUT2D eigenvalue weighted by Crippen LogP contribution is -2.14. The van der Waals surface area contributed by atoms with Crippen molar-refractivity contribution in [1.82, 2.24) is 0 Å². The predicted molar refractivity (Wildman–Crippen MR) is 96.9 cm³/mol. The van der Waals surface area contributed by atoms with Crippen molar-refractivity contribution < 1.29 is 9.59 Å². The molecular formula is C17H15Cl2NO2S. The summed E-state index contributed by atoms with van der Waals surface area (Å²) in [7, 11) is 0. The van der Waals surface area contributed by atoms with Gasteiger partial charge in [0.1, 0.15) is 0 Å². The van der Waals surface area contributed by atoms with Crippen molar-refractivity contribution in [1.29, 1.82) is 0 Å². The Balaban J connectivity index is 2.12. The molecule has 0 aliphatic rings. The number of halogens is 2. The Kier molecular flexibility index (Phi) is 6.10. The minimum Gasteiger partial charge on any atom is -0.326 e. The molecule has 23 heavy (non-hydrogen) atoms. The molecule has 120 valence electrons. The van der Waals surface area contributed by atoms with Crippen molar-refractivity contribution in [2.75, 3.05) is 5.32 Å². The smallest absolute Gasteiger partial charge is 0.221 e. The molecule has 6 heteroatoms. The first-order chi connectivity index (χ1) is 10.9. The van der Waals surface area contributed by atoms with Gasteiger partial charge >= 0.3 is 0 Å². The largest absolute Gasteiger partial charge is 0.326 e. The molecule has 0 aromatic heterocycles. The van der Waals surface area contributed by atoms with Crippen LogP contribution in [0.4, 0.5) is 5.69 Å². The van der Waals surface area contributed by atoms with Crippen LogP contribution in [-0.4, -0.2) is 16.9 Å². The molecule has 0 heterocycles. The highest BCUT2D eigenvalue weighted by atomic mass is 35.5. The van der Waals surface area contributed by atoms with E-state index in [9.17, 15) is 9.59 Å². The Hall–Kier alpha value is -1.49. The molecule has 0 spiro atoms. The number of rotatable bonds is 5. The summed E-state index contributed by atoms with van der Waals surface area (Å²) >= 11 is 13.6. The van der Waals surface area contributed by atoms with Crippen LogP contribution in [0.1, 0.15) is 24.2 Å². The molecule has 1 N–H and O–H groups in total. The van der Waals surface area contributed by atoms with Crippen LogP contribution in [0.3, 0.4) is 0 Å². The molecule has 2 aromatic rings. The molecule has 0 bridgehead atoms. The van der Waals surface area contributed by atoms with E-state index in [1.165, 1.54) is 18.7 Å². The quantitative estimate of drug-likeness (QED) is 0.574. The predicted octanol–water partition coefficient (Wildman–Crippen LogP) is 5.32. The molecular weight excluding hydrogens is 353 g/mol. The fourth-order valence-electron chi connectivity index (χ4n) is 1.98. The van der Waals surface area contributed by atoms with Crippen molar-refractivity contribution in [2.45, 2.75) is 24.0 Å². The van der Waals surface area contributed by atoms with Crippen LogP contribution in [0.5, 0.6) is 0 Å². The number of benzene rings is 2. The zero-order chi connectivity index (χ0) is 17.0. The van der Waals surface area contributed by atoms with E-state index in [1.54, 1.807) is 42.5 Å². The van der Waals surface area contributed by atoms with Gasteiger partial charge in [0.05, 0.1) is 15.3 Å². The van der Waals surface area contributed by atoms with Gasteiger partial charge in [0.2, 0.25) is 5.91 Å². The number of hydrogen-bond donors (Lipinski definition) is 1. The summed E-state index contributed by atoms with van der Waals surface area (Å²) in [6.07, 6.45) is 0. The van der Waals surface area contributed by atoms with Crippen LogP contribution >= 0.6 is 35.0 Å². The summed E-state index contributed by atoms with van der Waals surface area (Å²) in [6.45, 7) is 3.25. The first-order valence-electron chi connectivity index (χ1n) is 6.91. The summed E-state index contributed by atoms with van der Waals surface area (Å²) in [5.74, 6) is -0.179. The normalized spacial score (nSPS) is 11.8. The molecule has 1 amide bonds. The Morgan fingerprint density at radius 2 is 1.61 bits per heavy atom. The van der Waals surface area contributed by atoms with Gasteiger partial charge in [0.15, 0.2) is 5.78 Å². The fourth-order valence-corrected chi connectivity index (χ4v) is 3.60. The number of ketones is 1. The van der Waals surface area contributed by atoms with Crippen LogP contribution in [0.25, 0.3) is 0 Å². The molecule has 1 atom stereocenters. The van der Waals surface area contributed by atoms with Gasteiger partial charge < -0.3 is 5.32 Å². The Labute approximate surface area is 149 Å². The highest BCUT2D eigenvalue weighted by molar-refractivity contribution is 8.00. The number of anilines is 1. The molecule has 2 aromatic carbocycles. The zero-order valence-corrected chi connectivity index (χ0v) is 14.9. The lowest BCUT2D eigenvalue weighted by Gasteiger charge is -2.13. The molecule has 0 radical (unpaired) electrons. The summed E-state index contributed by atoms with van der Waals surface area (Å²) < 4.78 is 0. The highest BCUT2D eigenvalue weighted by Crippen LogP contribution is 2.37. The monoisotopic (exact) mass is 367 g/mol. The summed E-state index contributed by atoms with van der Waals surface area (Å²) in [5, 5.41) is 3.39. The number of hydrogen-bond acceptors (Lipinski definition) is 3. The van der Waals surface area contributed by atoms with Gasteiger partial charge in [-0.1, -0.05) is 29.3 Å². The van der Waals surface area contributed by atoms with E-state index in [0.29, 0.717) is 26.2 Å². The van der Waals surface area contributed by atoms with Crippen molar-refractivity contribution in [3.63, 3.8) is 0 Å². The van der Waals surface area contributed by atoms with Crippen LogP contribution in [0.2, 0.25) is 10.0 Å². The molecule has 0 aliphatic carbocycles. The van der Waals surface area contributed by atoms with Crippen molar-refractivity contribution in [2.24, 2.45) is 0 Å². The number of thioether (sulfide) groups is 1. The standard InChI is InChI=1S/C17H15Cl2NO2S/c1-10(23-17-14(18)4-3-5-15(17)19)16(22)12-6-8-13(9-7-12)20-11(2)21/h3-10H,1-2H3,(H,20,21). The molecule has 0 fully saturated rings. The Morgan fingerprint density at radius 3 is 2.13 bits per heavy atom. The van der Waals surface area contributed by atoms with Crippen LogP contribution in [0.15, 0.2) is 47.4 Å². The third kappa shape index (κ3) is 4.74. The van der Waals surface area contributed by atoms with E-state index in [2.05, 4.69) is 5.32 Å². The molecule has 0 aliphatic heterocycles. The van der Waals surface area contributed by atoms with Gasteiger partial charge in [-0.25, -0.2) is 0 Å². The maximum atomic E-state index is 12.5. The third-order valence-corrected chi connectivity index (χ3v) is 5.17. The van der Waals surface area contributed by atoms with Gasteiger partial charge in [-0.3, -0.25) is 9.59 Å². The number of carbonyl (C=O) groups is 2. The SMILES string of the molecule is CC(=O)Nc1ccc(C(=O)C(C)Sc2c(Cl)cccc2Cl)cc1. The van der Waals surface area contributed by atoms with Gasteiger partial charge in [-0.15, -0.1) is 11.8 Å². The first kappa shape index (κ1) is 17.9. The number of carbonyl (C=O) groups excluding carboxylic acids is 2. The maximum absolute atomic E-state index is 12.5. The van der Waals surface area contributed by atoms with Crippen molar-refractivity contribution >= 4 is 52.3 Å². The summed E-state index contributed by atoms with van der Waals surface area (Å²) in [6, 6.07) is 12.0. The van der Waals surface area contributed by atoms with E-state index in [0.717, 1.165) is 0 Å². The van der Waals surface area contributed by atoms with E-state index in [4.69, 9.17) is 23.2 Å². The number of nitrogens with one attached hydrogen (secondary N) is 1. The minimum absolute atomic E-state index is 0.0274. The van der Waals surface area contributed by atoms with Crippen LogP contribution < -0.4 is 5.32 Å². The summed E-state index contributed by atoms with van der Waals surface area (Å²) in [4.78, 5) is 24.2. The van der Waals surface area contributed by atoms with Gasteiger partial charge in [0, 0.05) is 23.1 Å². The molecule has 1 unspecified atom stereocenters. The Bertz CT molecular complexity index is 712. The topological polar surface area (TPSA) is 46.2 Å². The van der Waals surface area contributed by atoms with E-state index >= 15 is 0 Å². The number of Topliss-reactive ketones (excluding diaryl/α,β-unsaturated/α-hetero) is 1. The average molecular weight is 368 g/mol. The van der Waals surface area contributed by atoms with Gasteiger partial charge in [-0.05, 0) is 43.3 Å². The second kappa shape index (κ2) is 7.86. The Morgan fingerprint density at radius 1 is 1.04 bits per heavy atom. The molecule has 0 saturated heterocycles. The van der Waals surface area contributed by atoms with Gasteiger partial charge in [0.25, 0.3) is 0 Å². The second-order valence-electron chi connectivity index (χ2n) is 4.93. The molecule has 2 rings (SSSR count). The lowest BCUT2D eigenvalue weighted by atomic mass is 10.1. The fraction of sp³-hybridized carbons (Fsp3) is 0.176. The van der Waals surface area contributed by atoms with E-state index in [1.807, 2.05) is 6.92 Å². The van der Waals surface area contributed by atoms with E-state index in [-0.39, 0.29) is 16.9 Å². The third-order valence-electron chi connectivity index (χ3n) is 3.07. The maximum Gasteiger partial charge on any atom is 0.221 e. The minimum atomic E-state index is -0.334. The van der Waals surface area contributed by atoms with Crippen molar-refractivity contribution in [3.05, 3.63) is 58.1 Å². The summed E-state index contributed by atoms with van der Waals surface area (Å²) in [5.41, 5.74) is 1.23. The second-order valence-corrected chi connectivity index (χ2v) is 7.10. The highest BCUT2D eigenvalue weighted by Gasteiger charge is 2.19. The molecule has 3 nitrogen and oxygen atoms in total. The number of amides is 1. The van der Waals surface area contributed by atoms with Crippen LogP contribution in [0, 0.1) is 0 Å². The molecule has 0 saturated carbocycles. The lowest BCUT2D eigenvalue weighted by molar-refractivity contribution is -0.114. The first-order valence-corrected chi connectivity index (χ1v) is 8.54. The van der Waals surface area contributed by atoms with Crippen LogP contribution in [-0.2, 0) is 4.79 Å².